The van der Waals surface area contributed by atoms with Crippen LogP contribution in [0.4, 0.5) is 0 Å². The highest BCUT2D eigenvalue weighted by molar-refractivity contribution is 9.11. The number of aryl methyl sites for hydroxylation is 1. The summed E-state index contributed by atoms with van der Waals surface area (Å²) in [4.78, 5) is 4.21. The number of sulfonamides is 1. The van der Waals surface area contributed by atoms with E-state index in [-0.39, 0.29) is 6.54 Å². The molecule has 1 N–H and O–H groups in total. The van der Waals surface area contributed by atoms with Gasteiger partial charge in [-0.2, -0.15) is 0 Å². The van der Waals surface area contributed by atoms with E-state index in [1.165, 1.54) is 11.3 Å². The van der Waals surface area contributed by atoms with E-state index in [2.05, 4.69) is 25.6 Å². The van der Waals surface area contributed by atoms with E-state index in [4.69, 9.17) is 0 Å². The minimum Gasteiger partial charge on any atom is -0.304 e. The minimum atomic E-state index is -3.52. The molecule has 0 radical (unpaired) electrons. The lowest BCUT2D eigenvalue weighted by molar-refractivity contribution is 0.583. The molecule has 0 aliphatic carbocycles. The molecule has 0 spiro atoms. The summed E-state index contributed by atoms with van der Waals surface area (Å²) in [5.74, 6) is 0.850. The van der Waals surface area contributed by atoms with Crippen LogP contribution < -0.4 is 4.72 Å². The van der Waals surface area contributed by atoms with Gasteiger partial charge in [-0.05, 0) is 46.6 Å². The van der Waals surface area contributed by atoms with Crippen molar-refractivity contribution in [3.05, 3.63) is 64.0 Å². The Balaban J connectivity index is 1.86. The molecule has 0 atom stereocenters. The van der Waals surface area contributed by atoms with E-state index < -0.39 is 10.0 Å². The molecular weight excluding hydrogens is 398 g/mol. The number of halogens is 1. The zero-order valence-corrected chi connectivity index (χ0v) is 15.5. The van der Waals surface area contributed by atoms with Crippen LogP contribution in [0.1, 0.15) is 11.4 Å². The van der Waals surface area contributed by atoms with Gasteiger partial charge in [-0.1, -0.05) is 18.2 Å². The van der Waals surface area contributed by atoms with Crippen molar-refractivity contribution in [1.29, 1.82) is 0 Å². The fraction of sp³-hybridized carbons (Fsp3) is 0.133. The summed E-state index contributed by atoms with van der Waals surface area (Å²) in [5.41, 5.74) is 1.80. The van der Waals surface area contributed by atoms with Crippen LogP contribution in [-0.2, 0) is 16.6 Å². The molecule has 3 rings (SSSR count). The molecule has 0 unspecified atom stereocenters. The van der Waals surface area contributed by atoms with Crippen molar-refractivity contribution >= 4 is 37.3 Å². The first-order valence-electron chi connectivity index (χ1n) is 6.80. The van der Waals surface area contributed by atoms with Gasteiger partial charge in [0.05, 0.1) is 9.47 Å². The second-order valence-corrected chi connectivity index (χ2v) is 9.31. The van der Waals surface area contributed by atoms with Crippen LogP contribution in [0.15, 0.2) is 56.8 Å². The maximum atomic E-state index is 12.3. The molecular formula is C15H14BrN3O2S2. The average Bonchev–Trinajstić information content (AvgIpc) is 3.14. The first-order valence-corrected chi connectivity index (χ1v) is 9.90. The molecule has 8 heteroatoms. The zero-order valence-electron chi connectivity index (χ0n) is 12.2. The molecule has 1 aromatic carbocycles. The van der Waals surface area contributed by atoms with Gasteiger partial charge in [-0.3, -0.25) is 0 Å². The van der Waals surface area contributed by atoms with Crippen molar-refractivity contribution in [2.75, 3.05) is 0 Å². The summed E-state index contributed by atoms with van der Waals surface area (Å²) in [7, 11) is -3.52. The number of aromatic nitrogens is 2. The predicted octanol–water partition coefficient (Wildman–Crippen LogP) is 3.48. The Bertz CT molecular complexity index is 932. The second-order valence-electron chi connectivity index (χ2n) is 4.86. The highest BCUT2D eigenvalue weighted by Crippen LogP contribution is 2.26. The van der Waals surface area contributed by atoms with Crippen LogP contribution in [0.25, 0.3) is 5.69 Å². The monoisotopic (exact) mass is 411 g/mol. The van der Waals surface area contributed by atoms with Crippen LogP contribution in [0.2, 0.25) is 0 Å². The number of benzene rings is 1. The van der Waals surface area contributed by atoms with Crippen molar-refractivity contribution in [3.63, 3.8) is 0 Å². The van der Waals surface area contributed by atoms with Crippen LogP contribution in [-0.4, -0.2) is 18.0 Å². The number of thiophene rings is 1. The fourth-order valence-electron chi connectivity index (χ4n) is 2.21. The molecule has 120 valence electrons. The molecule has 2 heterocycles. The van der Waals surface area contributed by atoms with E-state index in [1.807, 2.05) is 42.0 Å². The van der Waals surface area contributed by atoms with Gasteiger partial charge in [0, 0.05) is 18.9 Å². The SMILES string of the molecule is Cc1nccn1-c1ccccc1CNS(=O)(=O)c1ccc(Br)s1. The number of nitrogens with one attached hydrogen (secondary N) is 1. The molecule has 0 aliphatic rings. The summed E-state index contributed by atoms with van der Waals surface area (Å²) in [6.45, 7) is 2.12. The van der Waals surface area contributed by atoms with Gasteiger partial charge in [-0.15, -0.1) is 11.3 Å². The molecule has 5 nitrogen and oxygen atoms in total. The van der Waals surface area contributed by atoms with Crippen molar-refractivity contribution in [1.82, 2.24) is 14.3 Å². The maximum Gasteiger partial charge on any atom is 0.250 e. The predicted molar refractivity (Wildman–Crippen MR) is 94.3 cm³/mol. The lowest BCUT2D eigenvalue weighted by Crippen LogP contribution is -2.23. The first kappa shape index (κ1) is 16.4. The maximum absolute atomic E-state index is 12.3. The topological polar surface area (TPSA) is 64.0 Å². The Morgan fingerprint density at radius 1 is 1.26 bits per heavy atom. The quantitative estimate of drug-likeness (QED) is 0.698. The van der Waals surface area contributed by atoms with E-state index in [0.29, 0.717) is 4.21 Å². The molecule has 0 aliphatic heterocycles. The van der Waals surface area contributed by atoms with Gasteiger partial charge in [-0.25, -0.2) is 18.1 Å². The number of rotatable bonds is 5. The summed E-state index contributed by atoms with van der Waals surface area (Å²) >= 11 is 4.47. The zero-order chi connectivity index (χ0) is 16.4. The van der Waals surface area contributed by atoms with Crippen LogP contribution in [0.5, 0.6) is 0 Å². The van der Waals surface area contributed by atoms with Crippen LogP contribution >= 0.6 is 27.3 Å². The van der Waals surface area contributed by atoms with Gasteiger partial charge in [0.15, 0.2) is 0 Å². The summed E-state index contributed by atoms with van der Waals surface area (Å²) in [6, 6.07) is 11.0. The normalized spacial score (nSPS) is 11.7. The number of hydrogen-bond donors (Lipinski definition) is 1. The number of imidazole rings is 1. The van der Waals surface area contributed by atoms with E-state index >= 15 is 0 Å². The minimum absolute atomic E-state index is 0.214. The first-order chi connectivity index (χ1) is 11.0. The fourth-order valence-corrected chi connectivity index (χ4v) is 5.27. The number of hydrogen-bond acceptors (Lipinski definition) is 4. The lowest BCUT2D eigenvalue weighted by atomic mass is 10.2. The third-order valence-electron chi connectivity index (χ3n) is 3.34. The molecule has 2 aromatic heterocycles. The second kappa shape index (κ2) is 6.56. The van der Waals surface area contributed by atoms with Gasteiger partial charge in [0.1, 0.15) is 10.0 Å². The largest absolute Gasteiger partial charge is 0.304 e. The molecule has 0 amide bonds. The van der Waals surface area contributed by atoms with E-state index in [0.717, 1.165) is 20.9 Å². The number of para-hydroxylation sites is 1. The summed E-state index contributed by atoms with van der Waals surface area (Å²) in [6.07, 6.45) is 3.58. The van der Waals surface area contributed by atoms with Gasteiger partial charge in [0.25, 0.3) is 0 Å². The van der Waals surface area contributed by atoms with Crippen LogP contribution in [0, 0.1) is 6.92 Å². The molecule has 0 fully saturated rings. The van der Waals surface area contributed by atoms with Gasteiger partial charge >= 0.3 is 0 Å². The molecule has 0 saturated heterocycles. The summed E-state index contributed by atoms with van der Waals surface area (Å²) < 4.78 is 30.4. The van der Waals surface area contributed by atoms with Gasteiger partial charge in [0.2, 0.25) is 10.0 Å². The smallest absolute Gasteiger partial charge is 0.250 e. The molecule has 3 aromatic rings. The third kappa shape index (κ3) is 3.55. The molecule has 23 heavy (non-hydrogen) atoms. The third-order valence-corrected chi connectivity index (χ3v) is 6.86. The van der Waals surface area contributed by atoms with Crippen molar-refractivity contribution < 1.29 is 8.42 Å². The molecule has 0 bridgehead atoms. The Kier molecular flexibility index (Phi) is 4.67. The van der Waals surface area contributed by atoms with Crippen molar-refractivity contribution in [2.24, 2.45) is 0 Å². The van der Waals surface area contributed by atoms with Gasteiger partial charge < -0.3 is 4.57 Å². The average molecular weight is 412 g/mol. The lowest BCUT2D eigenvalue weighted by Gasteiger charge is -2.12. The number of nitrogens with zero attached hydrogens (tertiary/aromatic N) is 2. The van der Waals surface area contributed by atoms with Crippen molar-refractivity contribution in [3.8, 4) is 5.69 Å². The Labute approximate surface area is 147 Å². The Morgan fingerprint density at radius 3 is 2.70 bits per heavy atom. The van der Waals surface area contributed by atoms with Crippen molar-refractivity contribution in [2.45, 2.75) is 17.7 Å². The highest BCUT2D eigenvalue weighted by Gasteiger charge is 2.17. The standard InChI is InChI=1S/C15H14BrN3O2S2/c1-11-17-8-9-19(11)13-5-3-2-4-12(13)10-18-23(20,21)15-7-6-14(16)22-15/h2-9,18H,10H2,1H3. The van der Waals surface area contributed by atoms with Crippen LogP contribution in [0.3, 0.4) is 0 Å². The summed E-state index contributed by atoms with van der Waals surface area (Å²) in [5, 5.41) is 0. The van der Waals surface area contributed by atoms with E-state index in [1.54, 1.807) is 18.3 Å². The van der Waals surface area contributed by atoms with E-state index in [9.17, 15) is 8.42 Å². The highest BCUT2D eigenvalue weighted by atomic mass is 79.9. The Morgan fingerprint density at radius 2 is 2.04 bits per heavy atom. The molecule has 0 saturated carbocycles. The Hall–Kier alpha value is -1.48.